The van der Waals surface area contributed by atoms with Gasteiger partial charge in [-0.3, -0.25) is 0 Å². The predicted molar refractivity (Wildman–Crippen MR) is 108 cm³/mol. The van der Waals surface area contributed by atoms with Crippen LogP contribution in [0.5, 0.6) is 0 Å². The molecule has 4 heteroatoms. The van der Waals surface area contributed by atoms with Gasteiger partial charge < -0.3 is 14.6 Å². The number of hydrogen-bond donors (Lipinski definition) is 1. The number of para-hydroxylation sites is 1. The summed E-state index contributed by atoms with van der Waals surface area (Å²) in [5, 5.41) is 5.74. The zero-order valence-corrected chi connectivity index (χ0v) is 15.9. The number of benzene rings is 2. The van der Waals surface area contributed by atoms with Crippen LogP contribution in [0.2, 0.25) is 5.02 Å². The van der Waals surface area contributed by atoms with E-state index in [1.165, 1.54) is 35.0 Å². The molecule has 3 aromatic rings. The molecule has 0 unspecified atom stereocenters. The molecule has 1 fully saturated rings. The molecule has 1 aliphatic rings. The van der Waals surface area contributed by atoms with Crippen LogP contribution in [0.1, 0.15) is 29.7 Å². The second-order valence-electron chi connectivity index (χ2n) is 7.02. The van der Waals surface area contributed by atoms with Gasteiger partial charge in [0.15, 0.2) is 0 Å². The van der Waals surface area contributed by atoms with Gasteiger partial charge in [-0.25, -0.2) is 0 Å². The molecular weight excluding hydrogens is 344 g/mol. The Hall–Kier alpha value is -1.81. The molecule has 136 valence electrons. The van der Waals surface area contributed by atoms with Gasteiger partial charge in [0.05, 0.1) is 6.10 Å². The molecule has 2 heterocycles. The van der Waals surface area contributed by atoms with Crippen molar-refractivity contribution in [2.45, 2.75) is 39.0 Å². The number of hydrogen-bond acceptors (Lipinski definition) is 2. The molecule has 1 saturated heterocycles. The Balaban J connectivity index is 1.61. The lowest BCUT2D eigenvalue weighted by atomic mass is 10.1. The summed E-state index contributed by atoms with van der Waals surface area (Å²) in [7, 11) is 0. The first kappa shape index (κ1) is 17.6. The van der Waals surface area contributed by atoms with Gasteiger partial charge in [0.25, 0.3) is 0 Å². The minimum absolute atomic E-state index is 0.367. The fourth-order valence-corrected chi connectivity index (χ4v) is 4.09. The maximum absolute atomic E-state index is 6.40. The summed E-state index contributed by atoms with van der Waals surface area (Å²) in [6.07, 6.45) is 2.72. The van der Waals surface area contributed by atoms with Crippen molar-refractivity contribution in [3.8, 4) is 0 Å². The number of aromatic nitrogens is 1. The number of halogens is 1. The van der Waals surface area contributed by atoms with Crippen LogP contribution in [0, 0.1) is 6.92 Å². The molecule has 1 N–H and O–H groups in total. The second-order valence-corrected chi connectivity index (χ2v) is 7.43. The first-order chi connectivity index (χ1) is 12.7. The van der Waals surface area contributed by atoms with Gasteiger partial charge in [0.2, 0.25) is 0 Å². The van der Waals surface area contributed by atoms with Crippen molar-refractivity contribution in [2.24, 2.45) is 0 Å². The first-order valence-electron chi connectivity index (χ1n) is 9.36. The highest BCUT2D eigenvalue weighted by molar-refractivity contribution is 6.31. The zero-order chi connectivity index (χ0) is 17.9. The van der Waals surface area contributed by atoms with Crippen molar-refractivity contribution >= 4 is 22.5 Å². The summed E-state index contributed by atoms with van der Waals surface area (Å²) < 4.78 is 8.10. The summed E-state index contributed by atoms with van der Waals surface area (Å²) in [5.74, 6) is 0. The molecule has 0 spiro atoms. The van der Waals surface area contributed by atoms with Crippen molar-refractivity contribution in [3.05, 3.63) is 70.4 Å². The number of nitrogens with zero attached hydrogens (tertiary/aromatic N) is 1. The SMILES string of the molecule is Cc1c(CNC[C@@H]2CCCO2)c2ccccc2n1Cc1ccccc1Cl. The van der Waals surface area contributed by atoms with E-state index in [0.29, 0.717) is 6.10 Å². The van der Waals surface area contributed by atoms with E-state index in [1.807, 2.05) is 18.2 Å². The van der Waals surface area contributed by atoms with Crippen LogP contribution in [0.15, 0.2) is 48.5 Å². The highest BCUT2D eigenvalue weighted by Crippen LogP contribution is 2.28. The molecule has 1 aliphatic heterocycles. The Morgan fingerprint density at radius 1 is 1.15 bits per heavy atom. The highest BCUT2D eigenvalue weighted by atomic mass is 35.5. The smallest absolute Gasteiger partial charge is 0.0700 e. The average Bonchev–Trinajstić information content (AvgIpc) is 3.26. The van der Waals surface area contributed by atoms with E-state index in [9.17, 15) is 0 Å². The Morgan fingerprint density at radius 2 is 1.96 bits per heavy atom. The fraction of sp³-hybridized carbons (Fsp3) is 0.364. The first-order valence-corrected chi connectivity index (χ1v) is 9.74. The Labute approximate surface area is 159 Å². The van der Waals surface area contributed by atoms with Gasteiger partial charge in [-0.2, -0.15) is 0 Å². The quantitative estimate of drug-likeness (QED) is 0.668. The molecule has 0 saturated carbocycles. The average molecular weight is 369 g/mol. The van der Waals surface area contributed by atoms with Gasteiger partial charge in [-0.1, -0.05) is 48.0 Å². The van der Waals surface area contributed by atoms with Crippen LogP contribution >= 0.6 is 11.6 Å². The maximum atomic E-state index is 6.40. The molecular formula is C22H25ClN2O. The van der Waals surface area contributed by atoms with Crippen molar-refractivity contribution < 1.29 is 4.74 Å². The lowest BCUT2D eigenvalue weighted by molar-refractivity contribution is 0.110. The second kappa shape index (κ2) is 7.83. The maximum Gasteiger partial charge on any atom is 0.0700 e. The van der Waals surface area contributed by atoms with Gasteiger partial charge in [0, 0.05) is 47.9 Å². The molecule has 1 atom stereocenters. The van der Waals surface area contributed by atoms with E-state index in [0.717, 1.165) is 36.8 Å². The van der Waals surface area contributed by atoms with Crippen LogP contribution in [-0.2, 0) is 17.8 Å². The third-order valence-corrected chi connectivity index (χ3v) is 5.71. The topological polar surface area (TPSA) is 26.2 Å². The van der Waals surface area contributed by atoms with Crippen LogP contribution in [0.25, 0.3) is 10.9 Å². The number of rotatable bonds is 6. The molecule has 3 nitrogen and oxygen atoms in total. The molecule has 0 bridgehead atoms. The lowest BCUT2D eigenvalue weighted by Crippen LogP contribution is -2.26. The lowest BCUT2D eigenvalue weighted by Gasteiger charge is -2.12. The van der Waals surface area contributed by atoms with Crippen molar-refractivity contribution in [1.29, 1.82) is 0 Å². The van der Waals surface area contributed by atoms with E-state index < -0.39 is 0 Å². The van der Waals surface area contributed by atoms with Gasteiger partial charge >= 0.3 is 0 Å². The Kier molecular flexibility index (Phi) is 5.30. The minimum atomic E-state index is 0.367. The van der Waals surface area contributed by atoms with E-state index >= 15 is 0 Å². The molecule has 26 heavy (non-hydrogen) atoms. The summed E-state index contributed by atoms with van der Waals surface area (Å²) in [6.45, 7) is 5.69. The number of ether oxygens (including phenoxy) is 1. The van der Waals surface area contributed by atoms with Crippen LogP contribution in [0.3, 0.4) is 0 Å². The van der Waals surface area contributed by atoms with Crippen LogP contribution < -0.4 is 5.32 Å². The predicted octanol–water partition coefficient (Wildman–Crippen LogP) is 4.92. The van der Waals surface area contributed by atoms with E-state index in [2.05, 4.69) is 47.1 Å². The normalized spacial score (nSPS) is 17.2. The molecule has 0 amide bonds. The monoisotopic (exact) mass is 368 g/mol. The summed E-state index contributed by atoms with van der Waals surface area (Å²) in [4.78, 5) is 0. The van der Waals surface area contributed by atoms with E-state index in [-0.39, 0.29) is 0 Å². The third-order valence-electron chi connectivity index (χ3n) is 5.35. The number of nitrogens with one attached hydrogen (secondary N) is 1. The summed E-state index contributed by atoms with van der Waals surface area (Å²) in [5.41, 5.74) is 5.08. The summed E-state index contributed by atoms with van der Waals surface area (Å²) >= 11 is 6.40. The minimum Gasteiger partial charge on any atom is -0.377 e. The standard InChI is InChI=1S/C22H25ClN2O/c1-16-20(14-24-13-18-8-6-12-26-18)19-9-3-5-11-22(19)25(16)15-17-7-2-4-10-21(17)23/h2-5,7,9-11,18,24H,6,8,12-15H2,1H3/t18-/m0/s1. The number of fused-ring (bicyclic) bond motifs is 1. The van der Waals surface area contributed by atoms with Gasteiger partial charge in [-0.15, -0.1) is 0 Å². The van der Waals surface area contributed by atoms with Crippen LogP contribution in [-0.4, -0.2) is 23.8 Å². The van der Waals surface area contributed by atoms with E-state index in [1.54, 1.807) is 0 Å². The van der Waals surface area contributed by atoms with Crippen molar-refractivity contribution in [2.75, 3.05) is 13.2 Å². The largest absolute Gasteiger partial charge is 0.377 e. The molecule has 1 aromatic heterocycles. The van der Waals surface area contributed by atoms with Crippen LogP contribution in [0.4, 0.5) is 0 Å². The third kappa shape index (κ3) is 3.52. The highest BCUT2D eigenvalue weighted by Gasteiger charge is 2.17. The van der Waals surface area contributed by atoms with Crippen molar-refractivity contribution in [3.63, 3.8) is 0 Å². The Morgan fingerprint density at radius 3 is 2.77 bits per heavy atom. The zero-order valence-electron chi connectivity index (χ0n) is 15.2. The fourth-order valence-electron chi connectivity index (χ4n) is 3.89. The Bertz CT molecular complexity index is 896. The molecule has 0 aliphatic carbocycles. The van der Waals surface area contributed by atoms with Gasteiger partial charge in [0.1, 0.15) is 0 Å². The van der Waals surface area contributed by atoms with E-state index in [4.69, 9.17) is 16.3 Å². The van der Waals surface area contributed by atoms with Gasteiger partial charge in [-0.05, 0) is 43.0 Å². The molecule has 4 rings (SSSR count). The summed E-state index contributed by atoms with van der Waals surface area (Å²) in [6, 6.07) is 16.7. The molecule has 0 radical (unpaired) electrons. The molecule has 2 aromatic carbocycles. The van der Waals surface area contributed by atoms with Crippen molar-refractivity contribution in [1.82, 2.24) is 9.88 Å².